The number of ether oxygens (including phenoxy) is 1. The van der Waals surface area contributed by atoms with Gasteiger partial charge >= 0.3 is 0 Å². The van der Waals surface area contributed by atoms with Crippen LogP contribution < -0.4 is 4.74 Å². The third-order valence-electron chi connectivity index (χ3n) is 1.69. The predicted octanol–water partition coefficient (Wildman–Crippen LogP) is 3.08. The molecule has 0 radical (unpaired) electrons. The summed E-state index contributed by atoms with van der Waals surface area (Å²) in [6, 6.07) is 8.11. The third kappa shape index (κ3) is 1.65. The van der Waals surface area contributed by atoms with Gasteiger partial charge < -0.3 is 4.74 Å². The predicted molar refractivity (Wildman–Crippen MR) is 55.4 cm³/mol. The summed E-state index contributed by atoms with van der Waals surface area (Å²) in [5.41, 5.74) is 0. The summed E-state index contributed by atoms with van der Waals surface area (Å²) in [7, 11) is 0. The Bertz CT molecular complexity index is 408. The van der Waals surface area contributed by atoms with Crippen molar-refractivity contribution in [2.24, 2.45) is 0 Å². The van der Waals surface area contributed by atoms with Gasteiger partial charge in [0.15, 0.2) is 0 Å². The van der Waals surface area contributed by atoms with Crippen LogP contribution >= 0.6 is 11.5 Å². The maximum absolute atomic E-state index is 5.57. The van der Waals surface area contributed by atoms with E-state index < -0.39 is 0 Å². The van der Waals surface area contributed by atoms with Crippen molar-refractivity contribution in [1.82, 2.24) is 4.37 Å². The molecule has 0 amide bonds. The average Bonchev–Trinajstić information content (AvgIpc) is 2.48. The van der Waals surface area contributed by atoms with Crippen LogP contribution in [-0.4, -0.2) is 10.5 Å². The molecule has 0 atom stereocenters. The Morgan fingerprint density at radius 3 is 2.85 bits per heavy atom. The lowest BCUT2D eigenvalue weighted by Crippen LogP contribution is -2.05. The second-order valence-corrected chi connectivity index (χ2v) is 3.96. The molecule has 0 fully saturated rings. The minimum Gasteiger partial charge on any atom is -0.474 e. The zero-order chi connectivity index (χ0) is 9.26. The van der Waals surface area contributed by atoms with E-state index in [-0.39, 0.29) is 6.10 Å². The Morgan fingerprint density at radius 2 is 2.08 bits per heavy atom. The molecule has 0 bridgehead atoms. The Morgan fingerprint density at radius 1 is 1.31 bits per heavy atom. The summed E-state index contributed by atoms with van der Waals surface area (Å²) in [6.45, 7) is 4.02. The van der Waals surface area contributed by atoms with Crippen LogP contribution in [0.4, 0.5) is 0 Å². The summed E-state index contributed by atoms with van der Waals surface area (Å²) in [5, 5.41) is 1.11. The highest BCUT2D eigenvalue weighted by Gasteiger charge is 2.06. The van der Waals surface area contributed by atoms with Gasteiger partial charge in [0.1, 0.15) is 0 Å². The van der Waals surface area contributed by atoms with E-state index in [1.165, 1.54) is 16.2 Å². The summed E-state index contributed by atoms with van der Waals surface area (Å²) in [5.74, 6) is 0.760. The number of fused-ring (bicyclic) bond motifs is 1. The van der Waals surface area contributed by atoms with Crippen molar-refractivity contribution in [3.05, 3.63) is 24.3 Å². The van der Waals surface area contributed by atoms with Crippen LogP contribution in [-0.2, 0) is 0 Å². The van der Waals surface area contributed by atoms with Gasteiger partial charge in [-0.05, 0) is 37.5 Å². The fourth-order valence-corrected chi connectivity index (χ4v) is 1.89. The van der Waals surface area contributed by atoms with E-state index in [1.807, 2.05) is 32.0 Å². The molecule has 13 heavy (non-hydrogen) atoms. The van der Waals surface area contributed by atoms with Crippen LogP contribution in [0.5, 0.6) is 5.88 Å². The first kappa shape index (κ1) is 8.51. The largest absolute Gasteiger partial charge is 0.474 e. The topological polar surface area (TPSA) is 22.1 Å². The van der Waals surface area contributed by atoms with Crippen molar-refractivity contribution in [3.63, 3.8) is 0 Å². The van der Waals surface area contributed by atoms with Crippen LogP contribution in [0.2, 0.25) is 0 Å². The second-order valence-electron chi connectivity index (χ2n) is 3.15. The molecular weight excluding hydrogens is 182 g/mol. The summed E-state index contributed by atoms with van der Waals surface area (Å²) < 4.78 is 11.0. The smallest absolute Gasteiger partial charge is 0.233 e. The average molecular weight is 193 g/mol. The first-order valence-electron chi connectivity index (χ1n) is 4.28. The Balaban J connectivity index is 2.46. The van der Waals surface area contributed by atoms with Gasteiger partial charge in [-0.1, -0.05) is 12.1 Å². The number of nitrogens with zero attached hydrogens (tertiary/aromatic N) is 1. The fourth-order valence-electron chi connectivity index (χ4n) is 1.17. The van der Waals surface area contributed by atoms with E-state index in [9.17, 15) is 0 Å². The molecule has 2 aromatic rings. The summed E-state index contributed by atoms with van der Waals surface area (Å²) in [6.07, 6.45) is 0.186. The molecule has 2 rings (SSSR count). The van der Waals surface area contributed by atoms with Crippen molar-refractivity contribution >= 4 is 21.6 Å². The number of hydrogen-bond donors (Lipinski definition) is 0. The van der Waals surface area contributed by atoms with E-state index in [4.69, 9.17) is 4.74 Å². The standard InChI is InChI=1S/C10H11NOS/c1-7(2)12-10-8-5-3-4-6-9(8)13-11-10/h3-7H,1-2H3. The number of hydrogen-bond acceptors (Lipinski definition) is 3. The summed E-state index contributed by atoms with van der Waals surface area (Å²) >= 11 is 1.48. The van der Waals surface area contributed by atoms with Crippen LogP contribution in [0.15, 0.2) is 24.3 Å². The van der Waals surface area contributed by atoms with E-state index in [2.05, 4.69) is 10.4 Å². The summed E-state index contributed by atoms with van der Waals surface area (Å²) in [4.78, 5) is 0. The van der Waals surface area contributed by atoms with E-state index in [0.29, 0.717) is 0 Å². The highest BCUT2D eigenvalue weighted by molar-refractivity contribution is 7.13. The van der Waals surface area contributed by atoms with E-state index >= 15 is 0 Å². The SMILES string of the molecule is CC(C)Oc1nsc2ccccc12. The van der Waals surface area contributed by atoms with Crippen LogP contribution in [0.25, 0.3) is 10.1 Å². The highest BCUT2D eigenvalue weighted by atomic mass is 32.1. The van der Waals surface area contributed by atoms with Gasteiger partial charge in [-0.15, -0.1) is 0 Å². The maximum Gasteiger partial charge on any atom is 0.233 e. The molecule has 0 aliphatic heterocycles. The van der Waals surface area contributed by atoms with E-state index in [1.54, 1.807) is 0 Å². The van der Waals surface area contributed by atoms with E-state index in [0.717, 1.165) is 11.3 Å². The van der Waals surface area contributed by atoms with Crippen LogP contribution in [0, 0.1) is 0 Å². The molecule has 1 aromatic carbocycles. The molecule has 2 nitrogen and oxygen atoms in total. The van der Waals surface area contributed by atoms with Gasteiger partial charge in [0.05, 0.1) is 16.2 Å². The lowest BCUT2D eigenvalue weighted by Gasteiger charge is -2.05. The number of aromatic nitrogens is 1. The van der Waals surface area contributed by atoms with Gasteiger partial charge in [0, 0.05) is 0 Å². The second kappa shape index (κ2) is 3.34. The Hall–Kier alpha value is -1.09. The molecule has 0 N–H and O–H groups in total. The quantitative estimate of drug-likeness (QED) is 0.731. The molecule has 0 aliphatic rings. The van der Waals surface area contributed by atoms with Crippen molar-refractivity contribution in [1.29, 1.82) is 0 Å². The molecule has 68 valence electrons. The van der Waals surface area contributed by atoms with Crippen molar-refractivity contribution < 1.29 is 4.74 Å². The first-order valence-corrected chi connectivity index (χ1v) is 5.06. The highest BCUT2D eigenvalue weighted by Crippen LogP contribution is 2.28. The van der Waals surface area contributed by atoms with Crippen molar-refractivity contribution in [2.75, 3.05) is 0 Å². The van der Waals surface area contributed by atoms with Gasteiger partial charge in [-0.2, -0.15) is 4.37 Å². The number of benzene rings is 1. The Kier molecular flexibility index (Phi) is 2.19. The maximum atomic E-state index is 5.57. The molecule has 0 aliphatic carbocycles. The normalized spacial score (nSPS) is 11.0. The fraction of sp³-hybridized carbons (Fsp3) is 0.300. The van der Waals surface area contributed by atoms with Crippen molar-refractivity contribution in [3.8, 4) is 5.88 Å². The third-order valence-corrected chi connectivity index (χ3v) is 2.50. The minimum atomic E-state index is 0.186. The lowest BCUT2D eigenvalue weighted by atomic mass is 10.3. The minimum absolute atomic E-state index is 0.186. The molecule has 1 aromatic heterocycles. The molecule has 0 saturated heterocycles. The zero-order valence-electron chi connectivity index (χ0n) is 7.65. The number of rotatable bonds is 2. The van der Waals surface area contributed by atoms with Crippen LogP contribution in [0.3, 0.4) is 0 Å². The molecular formula is C10H11NOS. The molecule has 3 heteroatoms. The van der Waals surface area contributed by atoms with Crippen molar-refractivity contribution in [2.45, 2.75) is 20.0 Å². The molecule has 1 heterocycles. The Labute approximate surface area is 81.3 Å². The lowest BCUT2D eigenvalue weighted by molar-refractivity contribution is 0.238. The molecule has 0 spiro atoms. The first-order chi connectivity index (χ1) is 6.27. The van der Waals surface area contributed by atoms with Gasteiger partial charge in [0.2, 0.25) is 5.88 Å². The van der Waals surface area contributed by atoms with Gasteiger partial charge in [0.25, 0.3) is 0 Å². The van der Waals surface area contributed by atoms with Gasteiger partial charge in [-0.3, -0.25) is 0 Å². The molecule has 0 saturated carbocycles. The molecule has 0 unspecified atom stereocenters. The monoisotopic (exact) mass is 193 g/mol. The van der Waals surface area contributed by atoms with Gasteiger partial charge in [-0.25, -0.2) is 0 Å². The zero-order valence-corrected chi connectivity index (χ0v) is 8.47. The van der Waals surface area contributed by atoms with Crippen LogP contribution in [0.1, 0.15) is 13.8 Å².